The molecular formula is C13H16BrNO. The second-order valence-electron chi connectivity index (χ2n) is 4.03. The Morgan fingerprint density at radius 1 is 1.31 bits per heavy atom. The fourth-order valence-corrected chi connectivity index (χ4v) is 1.95. The molecule has 3 heteroatoms. The predicted octanol–water partition coefficient (Wildman–Crippen LogP) is 3.89. The van der Waals surface area contributed by atoms with E-state index in [2.05, 4.69) is 33.9 Å². The molecule has 1 rings (SSSR count). The highest BCUT2D eigenvalue weighted by Crippen LogP contribution is 2.30. The largest absolute Gasteiger partial charge is 0.322 e. The van der Waals surface area contributed by atoms with E-state index in [0.717, 1.165) is 26.9 Å². The maximum Gasteiger partial charge on any atom is 0.250 e. The van der Waals surface area contributed by atoms with Crippen molar-refractivity contribution >= 4 is 27.5 Å². The lowest BCUT2D eigenvalue weighted by Crippen LogP contribution is -2.14. The van der Waals surface area contributed by atoms with Crippen LogP contribution in [-0.4, -0.2) is 5.91 Å². The standard InChI is InChI=1S/C13H16BrNO/c1-7(2)13(16)15-12-9(4)8(3)6-11(14)10(12)5/h6H,1H2,2-5H3,(H,15,16). The van der Waals surface area contributed by atoms with Crippen LogP contribution in [0.2, 0.25) is 0 Å². The Morgan fingerprint density at radius 2 is 1.88 bits per heavy atom. The molecule has 0 bridgehead atoms. The van der Waals surface area contributed by atoms with Crippen molar-refractivity contribution in [2.24, 2.45) is 0 Å². The van der Waals surface area contributed by atoms with Gasteiger partial charge in [-0.05, 0) is 50.5 Å². The number of aryl methyl sites for hydroxylation is 1. The number of hydrogen-bond acceptors (Lipinski definition) is 1. The third kappa shape index (κ3) is 2.53. The lowest BCUT2D eigenvalue weighted by molar-refractivity contribution is -0.112. The summed E-state index contributed by atoms with van der Waals surface area (Å²) < 4.78 is 1.01. The minimum atomic E-state index is -0.135. The molecule has 0 aliphatic rings. The van der Waals surface area contributed by atoms with Gasteiger partial charge in [0.1, 0.15) is 0 Å². The fourth-order valence-electron chi connectivity index (χ4n) is 1.41. The molecule has 0 aliphatic carbocycles. The minimum Gasteiger partial charge on any atom is -0.322 e. The molecular weight excluding hydrogens is 266 g/mol. The van der Waals surface area contributed by atoms with Crippen molar-refractivity contribution in [3.8, 4) is 0 Å². The van der Waals surface area contributed by atoms with Crippen molar-refractivity contribution in [2.75, 3.05) is 5.32 Å². The molecule has 0 fully saturated rings. The zero-order valence-corrected chi connectivity index (χ0v) is 11.7. The SMILES string of the molecule is C=C(C)C(=O)Nc1c(C)c(C)cc(Br)c1C. The van der Waals surface area contributed by atoms with Crippen molar-refractivity contribution in [1.29, 1.82) is 0 Å². The van der Waals surface area contributed by atoms with Gasteiger partial charge in [-0.1, -0.05) is 22.5 Å². The van der Waals surface area contributed by atoms with E-state index in [0.29, 0.717) is 5.57 Å². The van der Waals surface area contributed by atoms with Gasteiger partial charge >= 0.3 is 0 Å². The lowest BCUT2D eigenvalue weighted by Gasteiger charge is -2.15. The van der Waals surface area contributed by atoms with Gasteiger partial charge in [0.25, 0.3) is 5.91 Å². The summed E-state index contributed by atoms with van der Waals surface area (Å²) in [5.41, 5.74) is 4.67. The monoisotopic (exact) mass is 281 g/mol. The second-order valence-corrected chi connectivity index (χ2v) is 4.89. The number of halogens is 1. The first-order valence-electron chi connectivity index (χ1n) is 5.07. The molecule has 1 N–H and O–H groups in total. The number of nitrogens with one attached hydrogen (secondary N) is 1. The zero-order valence-electron chi connectivity index (χ0n) is 10.1. The molecule has 0 heterocycles. The predicted molar refractivity (Wildman–Crippen MR) is 71.8 cm³/mol. The number of anilines is 1. The number of carbonyl (C=O) groups excluding carboxylic acids is 1. The minimum absolute atomic E-state index is 0.135. The number of rotatable bonds is 2. The summed E-state index contributed by atoms with van der Waals surface area (Å²) in [6.07, 6.45) is 0. The van der Waals surface area contributed by atoms with Crippen LogP contribution < -0.4 is 5.32 Å². The molecule has 0 unspecified atom stereocenters. The molecule has 0 aromatic heterocycles. The summed E-state index contributed by atoms with van der Waals surface area (Å²) >= 11 is 3.48. The maximum atomic E-state index is 11.6. The fraction of sp³-hybridized carbons (Fsp3) is 0.308. The molecule has 0 atom stereocenters. The summed E-state index contributed by atoms with van der Waals surface area (Å²) in [7, 11) is 0. The van der Waals surface area contributed by atoms with Crippen LogP contribution in [0.4, 0.5) is 5.69 Å². The highest BCUT2D eigenvalue weighted by molar-refractivity contribution is 9.10. The lowest BCUT2D eigenvalue weighted by atomic mass is 10.0. The third-order valence-corrected chi connectivity index (χ3v) is 3.49. The van der Waals surface area contributed by atoms with E-state index < -0.39 is 0 Å². The van der Waals surface area contributed by atoms with E-state index in [1.165, 1.54) is 0 Å². The first kappa shape index (κ1) is 13.0. The Labute approximate surface area is 105 Å². The van der Waals surface area contributed by atoms with Gasteiger partial charge in [0.15, 0.2) is 0 Å². The molecule has 0 saturated carbocycles. The quantitative estimate of drug-likeness (QED) is 0.819. The van der Waals surface area contributed by atoms with E-state index in [4.69, 9.17) is 0 Å². The Balaban J connectivity index is 3.22. The zero-order chi connectivity index (χ0) is 12.5. The molecule has 0 aliphatic heterocycles. The summed E-state index contributed by atoms with van der Waals surface area (Å²) in [6.45, 7) is 11.3. The molecule has 1 aromatic carbocycles. The van der Waals surface area contributed by atoms with Gasteiger partial charge in [0.05, 0.1) is 0 Å². The summed E-state index contributed by atoms with van der Waals surface area (Å²) in [5.74, 6) is -0.135. The molecule has 0 saturated heterocycles. The van der Waals surface area contributed by atoms with E-state index >= 15 is 0 Å². The van der Waals surface area contributed by atoms with Gasteiger partial charge in [0.2, 0.25) is 0 Å². The molecule has 0 spiro atoms. The Morgan fingerprint density at radius 3 is 2.38 bits per heavy atom. The van der Waals surface area contributed by atoms with Crippen LogP contribution in [0.1, 0.15) is 23.6 Å². The molecule has 1 amide bonds. The summed E-state index contributed by atoms with van der Waals surface area (Å²) in [6, 6.07) is 2.06. The van der Waals surface area contributed by atoms with Gasteiger partial charge in [-0.3, -0.25) is 4.79 Å². The van der Waals surface area contributed by atoms with Crippen LogP contribution in [0.5, 0.6) is 0 Å². The van der Waals surface area contributed by atoms with Crippen molar-refractivity contribution < 1.29 is 4.79 Å². The molecule has 16 heavy (non-hydrogen) atoms. The topological polar surface area (TPSA) is 29.1 Å². The van der Waals surface area contributed by atoms with Gasteiger partial charge in [-0.2, -0.15) is 0 Å². The van der Waals surface area contributed by atoms with Crippen LogP contribution in [0.25, 0.3) is 0 Å². The Hall–Kier alpha value is -1.09. The third-order valence-electron chi connectivity index (χ3n) is 2.67. The molecule has 86 valence electrons. The average Bonchev–Trinajstić information content (AvgIpc) is 2.21. The summed E-state index contributed by atoms with van der Waals surface area (Å²) in [5, 5.41) is 2.89. The highest BCUT2D eigenvalue weighted by atomic mass is 79.9. The highest BCUT2D eigenvalue weighted by Gasteiger charge is 2.12. The Bertz CT molecular complexity index is 437. The number of amides is 1. The first-order valence-corrected chi connectivity index (χ1v) is 5.87. The molecule has 2 nitrogen and oxygen atoms in total. The van der Waals surface area contributed by atoms with E-state index in [9.17, 15) is 4.79 Å². The van der Waals surface area contributed by atoms with Gasteiger partial charge in [-0.25, -0.2) is 0 Å². The second kappa shape index (κ2) is 4.83. The average molecular weight is 282 g/mol. The molecule has 1 aromatic rings. The van der Waals surface area contributed by atoms with Crippen LogP contribution >= 0.6 is 15.9 Å². The van der Waals surface area contributed by atoms with E-state index in [1.54, 1.807) is 6.92 Å². The van der Waals surface area contributed by atoms with Gasteiger partial charge in [-0.15, -0.1) is 0 Å². The maximum absolute atomic E-state index is 11.6. The van der Waals surface area contributed by atoms with Crippen molar-refractivity contribution in [1.82, 2.24) is 0 Å². The smallest absolute Gasteiger partial charge is 0.250 e. The van der Waals surface area contributed by atoms with Crippen LogP contribution in [0, 0.1) is 20.8 Å². The van der Waals surface area contributed by atoms with Crippen LogP contribution in [0.15, 0.2) is 22.7 Å². The van der Waals surface area contributed by atoms with Crippen molar-refractivity contribution in [3.63, 3.8) is 0 Å². The van der Waals surface area contributed by atoms with Gasteiger partial charge < -0.3 is 5.32 Å². The van der Waals surface area contributed by atoms with Crippen molar-refractivity contribution in [2.45, 2.75) is 27.7 Å². The number of benzene rings is 1. The van der Waals surface area contributed by atoms with E-state index in [1.807, 2.05) is 20.8 Å². The van der Waals surface area contributed by atoms with Gasteiger partial charge in [0, 0.05) is 15.7 Å². The Kier molecular flexibility index (Phi) is 3.92. The van der Waals surface area contributed by atoms with Crippen LogP contribution in [0.3, 0.4) is 0 Å². The van der Waals surface area contributed by atoms with E-state index in [-0.39, 0.29) is 5.91 Å². The normalized spacial score (nSPS) is 10.1. The number of hydrogen-bond donors (Lipinski definition) is 1. The first-order chi connectivity index (χ1) is 7.34. The summed E-state index contributed by atoms with van der Waals surface area (Å²) in [4.78, 5) is 11.6. The number of carbonyl (C=O) groups is 1. The van der Waals surface area contributed by atoms with Crippen molar-refractivity contribution in [3.05, 3.63) is 39.4 Å². The van der Waals surface area contributed by atoms with Crippen LogP contribution in [-0.2, 0) is 4.79 Å². The molecule has 0 radical (unpaired) electrons.